The first-order valence-corrected chi connectivity index (χ1v) is 10.3. The average Bonchev–Trinajstić information content (AvgIpc) is 3.11. The molecule has 2 aromatic rings. The Bertz CT molecular complexity index is 699. The number of aryl methyl sites for hydroxylation is 2. The molecule has 5 nitrogen and oxygen atoms in total. The van der Waals surface area contributed by atoms with Gasteiger partial charge in [-0.2, -0.15) is 0 Å². The van der Waals surface area contributed by atoms with E-state index in [1.165, 1.54) is 11.4 Å². The van der Waals surface area contributed by atoms with Crippen molar-refractivity contribution in [3.05, 3.63) is 53.3 Å². The fourth-order valence-electron chi connectivity index (χ4n) is 3.30. The Morgan fingerprint density at radius 2 is 1.57 bits per heavy atom. The lowest BCUT2D eigenvalue weighted by Crippen LogP contribution is -2.28. The van der Waals surface area contributed by atoms with Gasteiger partial charge in [-0.3, -0.25) is 0 Å². The Labute approximate surface area is 168 Å². The van der Waals surface area contributed by atoms with E-state index in [0.29, 0.717) is 26.2 Å². The third kappa shape index (κ3) is 6.13. The quantitative estimate of drug-likeness (QED) is 0.512. The summed E-state index contributed by atoms with van der Waals surface area (Å²) in [5.41, 5.74) is 3.71. The van der Waals surface area contributed by atoms with Crippen LogP contribution in [0.15, 0.2) is 36.4 Å². The Balaban J connectivity index is 1.90. The summed E-state index contributed by atoms with van der Waals surface area (Å²) in [5.74, 6) is 0.519. The van der Waals surface area contributed by atoms with Crippen molar-refractivity contribution in [1.82, 2.24) is 4.57 Å². The molecule has 0 aliphatic carbocycles. The van der Waals surface area contributed by atoms with E-state index in [-0.39, 0.29) is 5.97 Å². The number of carbonyl (C=O) groups is 1. The van der Waals surface area contributed by atoms with Gasteiger partial charge < -0.3 is 18.8 Å². The van der Waals surface area contributed by atoms with Gasteiger partial charge in [-0.05, 0) is 56.5 Å². The van der Waals surface area contributed by atoms with Crippen molar-refractivity contribution in [3.63, 3.8) is 0 Å². The number of nitrogens with zero attached hydrogens (tertiary/aromatic N) is 1. The lowest BCUT2D eigenvalue weighted by molar-refractivity contribution is -0.156. The highest BCUT2D eigenvalue weighted by Crippen LogP contribution is 2.16. The smallest absolute Gasteiger partial charge is 0.335 e. The normalized spacial score (nSPS) is 12.0. The van der Waals surface area contributed by atoms with E-state index in [0.717, 1.165) is 30.7 Å². The number of benzene rings is 1. The highest BCUT2D eigenvalue weighted by molar-refractivity contribution is 5.75. The van der Waals surface area contributed by atoms with Crippen LogP contribution in [0.1, 0.15) is 44.6 Å². The van der Waals surface area contributed by atoms with Gasteiger partial charge >= 0.3 is 5.97 Å². The second kappa shape index (κ2) is 11.5. The molecule has 1 heterocycles. The van der Waals surface area contributed by atoms with Crippen LogP contribution in [0.25, 0.3) is 0 Å². The van der Waals surface area contributed by atoms with Crippen molar-refractivity contribution >= 4 is 5.97 Å². The first-order chi connectivity index (χ1) is 13.6. The Kier molecular flexibility index (Phi) is 9.08. The van der Waals surface area contributed by atoms with Gasteiger partial charge in [0.25, 0.3) is 0 Å². The molecule has 0 saturated heterocycles. The molecule has 0 N–H and O–H groups in total. The number of esters is 1. The minimum Gasteiger partial charge on any atom is -0.492 e. The molecular formula is C23H33NO4. The van der Waals surface area contributed by atoms with E-state index in [1.807, 2.05) is 31.2 Å². The minimum absolute atomic E-state index is 0.310. The van der Waals surface area contributed by atoms with Gasteiger partial charge in [0.2, 0.25) is 0 Å². The molecule has 0 radical (unpaired) electrons. The number of rotatable bonds is 12. The van der Waals surface area contributed by atoms with Crippen LogP contribution >= 0.6 is 0 Å². The molecule has 0 saturated carbocycles. The molecule has 1 aromatic carbocycles. The number of hydrogen-bond acceptors (Lipinski definition) is 4. The van der Waals surface area contributed by atoms with E-state index >= 15 is 0 Å². The van der Waals surface area contributed by atoms with Gasteiger partial charge in [0.1, 0.15) is 12.4 Å². The summed E-state index contributed by atoms with van der Waals surface area (Å²) in [7, 11) is 0. The molecule has 0 amide bonds. The molecule has 0 spiro atoms. The van der Waals surface area contributed by atoms with Gasteiger partial charge in [-0.1, -0.05) is 26.0 Å². The van der Waals surface area contributed by atoms with Crippen LogP contribution in [0.5, 0.6) is 5.75 Å². The molecule has 1 aromatic heterocycles. The first-order valence-electron chi connectivity index (χ1n) is 10.3. The fourth-order valence-corrected chi connectivity index (χ4v) is 3.30. The highest BCUT2D eigenvalue weighted by atomic mass is 16.6. The monoisotopic (exact) mass is 387 g/mol. The predicted octanol–water partition coefficient (Wildman–Crippen LogP) is 4.20. The average molecular weight is 388 g/mol. The van der Waals surface area contributed by atoms with Crippen LogP contribution in [-0.4, -0.2) is 36.5 Å². The Hall–Kier alpha value is -2.27. The van der Waals surface area contributed by atoms with Gasteiger partial charge in [-0.15, -0.1) is 0 Å². The molecule has 28 heavy (non-hydrogen) atoms. The summed E-state index contributed by atoms with van der Waals surface area (Å²) in [6.45, 7) is 10.3. The number of ether oxygens (including phenoxy) is 3. The SMILES string of the molecule is CCOC(=O)C(Cc1ccc(OCCn2c(CC)ccc2CC)cc1)OCC. The molecule has 1 unspecified atom stereocenters. The zero-order valence-corrected chi connectivity index (χ0v) is 17.6. The van der Waals surface area contributed by atoms with Crippen LogP contribution in [-0.2, 0) is 40.1 Å². The summed E-state index contributed by atoms with van der Waals surface area (Å²) >= 11 is 0. The van der Waals surface area contributed by atoms with Gasteiger partial charge in [-0.25, -0.2) is 4.79 Å². The van der Waals surface area contributed by atoms with Crippen molar-refractivity contribution in [2.75, 3.05) is 19.8 Å². The van der Waals surface area contributed by atoms with Crippen molar-refractivity contribution in [1.29, 1.82) is 0 Å². The van der Waals surface area contributed by atoms with E-state index < -0.39 is 6.10 Å². The maximum absolute atomic E-state index is 12.0. The Morgan fingerprint density at radius 3 is 2.11 bits per heavy atom. The van der Waals surface area contributed by atoms with Gasteiger partial charge in [0.15, 0.2) is 6.10 Å². The molecule has 5 heteroatoms. The van der Waals surface area contributed by atoms with E-state index in [9.17, 15) is 4.79 Å². The van der Waals surface area contributed by atoms with Crippen LogP contribution in [0.3, 0.4) is 0 Å². The Morgan fingerprint density at radius 1 is 0.929 bits per heavy atom. The van der Waals surface area contributed by atoms with Crippen LogP contribution in [0, 0.1) is 0 Å². The largest absolute Gasteiger partial charge is 0.492 e. The van der Waals surface area contributed by atoms with Crippen LogP contribution in [0.2, 0.25) is 0 Å². The van der Waals surface area contributed by atoms with E-state index in [4.69, 9.17) is 14.2 Å². The molecule has 0 aliphatic rings. The first kappa shape index (κ1) is 22.0. The predicted molar refractivity (Wildman–Crippen MR) is 111 cm³/mol. The standard InChI is InChI=1S/C23H33NO4/c1-5-19-11-12-20(6-2)24(19)15-16-28-21-13-9-18(10-14-21)17-22(26-7-3)23(25)27-8-4/h9-14,22H,5-8,15-17H2,1-4H3. The lowest BCUT2D eigenvalue weighted by atomic mass is 10.1. The summed E-state index contributed by atoms with van der Waals surface area (Å²) in [5, 5.41) is 0. The number of hydrogen-bond donors (Lipinski definition) is 0. The van der Waals surface area contributed by atoms with Gasteiger partial charge in [0, 0.05) is 24.4 Å². The topological polar surface area (TPSA) is 49.7 Å². The minimum atomic E-state index is -0.564. The molecule has 0 fully saturated rings. The second-order valence-electron chi connectivity index (χ2n) is 6.57. The lowest BCUT2D eigenvalue weighted by Gasteiger charge is -2.16. The maximum atomic E-state index is 12.0. The number of carbonyl (C=O) groups excluding carboxylic acids is 1. The van der Waals surface area contributed by atoms with Crippen LogP contribution < -0.4 is 4.74 Å². The van der Waals surface area contributed by atoms with Gasteiger partial charge in [0.05, 0.1) is 13.2 Å². The molecule has 2 rings (SSSR count). The molecule has 0 bridgehead atoms. The maximum Gasteiger partial charge on any atom is 0.335 e. The third-order valence-electron chi connectivity index (χ3n) is 4.73. The fraction of sp³-hybridized carbons (Fsp3) is 0.522. The summed E-state index contributed by atoms with van der Waals surface area (Å²) < 4.78 is 18.9. The zero-order chi connectivity index (χ0) is 20.4. The second-order valence-corrected chi connectivity index (χ2v) is 6.57. The summed E-state index contributed by atoms with van der Waals surface area (Å²) in [4.78, 5) is 12.0. The third-order valence-corrected chi connectivity index (χ3v) is 4.73. The van der Waals surface area contributed by atoms with E-state index in [1.54, 1.807) is 6.92 Å². The summed E-state index contributed by atoms with van der Waals surface area (Å²) in [6.07, 6.45) is 1.98. The molecule has 1 atom stereocenters. The molecular weight excluding hydrogens is 354 g/mol. The summed E-state index contributed by atoms with van der Waals surface area (Å²) in [6, 6.07) is 12.2. The van der Waals surface area contributed by atoms with Crippen molar-refractivity contribution in [2.45, 2.75) is 59.6 Å². The highest BCUT2D eigenvalue weighted by Gasteiger charge is 2.20. The van der Waals surface area contributed by atoms with Crippen molar-refractivity contribution in [2.24, 2.45) is 0 Å². The van der Waals surface area contributed by atoms with Crippen molar-refractivity contribution < 1.29 is 19.0 Å². The molecule has 154 valence electrons. The molecule has 0 aliphatic heterocycles. The van der Waals surface area contributed by atoms with Crippen LogP contribution in [0.4, 0.5) is 0 Å². The van der Waals surface area contributed by atoms with E-state index in [2.05, 4.69) is 30.5 Å². The van der Waals surface area contributed by atoms with Crippen molar-refractivity contribution in [3.8, 4) is 5.75 Å². The number of aromatic nitrogens is 1. The zero-order valence-electron chi connectivity index (χ0n) is 17.6.